The third-order valence-corrected chi connectivity index (χ3v) is 5.51. The number of nitrogens with zero attached hydrogens (tertiary/aromatic N) is 3. The zero-order valence-corrected chi connectivity index (χ0v) is 16.9. The van der Waals surface area contributed by atoms with Gasteiger partial charge in [0.25, 0.3) is 5.56 Å². The number of carbonyl (C=O) groups is 1. The average molecular weight is 400 g/mol. The van der Waals surface area contributed by atoms with E-state index in [4.69, 9.17) is 0 Å². The van der Waals surface area contributed by atoms with E-state index < -0.39 is 0 Å². The second-order valence-corrected chi connectivity index (χ2v) is 7.51. The zero-order valence-electron chi connectivity index (χ0n) is 16.1. The average Bonchev–Trinajstić information content (AvgIpc) is 3.30. The van der Waals surface area contributed by atoms with E-state index in [1.165, 1.54) is 24.5 Å². The summed E-state index contributed by atoms with van der Waals surface area (Å²) in [4.78, 5) is 38.9. The van der Waals surface area contributed by atoms with Gasteiger partial charge < -0.3 is 15.2 Å². The Labute approximate surface area is 165 Å². The first-order chi connectivity index (χ1) is 12.5. The summed E-state index contributed by atoms with van der Waals surface area (Å²) >= 11 is 0. The van der Waals surface area contributed by atoms with Gasteiger partial charge in [0.2, 0.25) is 5.91 Å². The second-order valence-electron chi connectivity index (χ2n) is 7.51. The molecule has 0 radical (unpaired) electrons. The van der Waals surface area contributed by atoms with Crippen molar-refractivity contribution in [3.63, 3.8) is 0 Å². The first-order valence-corrected chi connectivity index (χ1v) is 9.45. The van der Waals surface area contributed by atoms with E-state index in [1.54, 1.807) is 13.2 Å². The predicted molar refractivity (Wildman–Crippen MR) is 106 cm³/mol. The SMILES string of the molecule is Cl.Cn1cc(CN(CC(=O)NC2CCCC2)C2CCNC2)c(=O)n(C)c1=O. The van der Waals surface area contributed by atoms with E-state index in [2.05, 4.69) is 15.5 Å². The lowest BCUT2D eigenvalue weighted by Crippen LogP contribution is -2.47. The van der Waals surface area contributed by atoms with E-state index in [-0.39, 0.29) is 48.2 Å². The number of amides is 1. The Balaban J connectivity index is 0.00000261. The van der Waals surface area contributed by atoms with Crippen LogP contribution in [0.1, 0.15) is 37.7 Å². The molecule has 1 atom stereocenters. The second kappa shape index (κ2) is 9.52. The summed E-state index contributed by atoms with van der Waals surface area (Å²) in [6, 6.07) is 0.503. The van der Waals surface area contributed by atoms with E-state index in [0.717, 1.165) is 36.9 Å². The molecule has 8 nitrogen and oxygen atoms in total. The summed E-state index contributed by atoms with van der Waals surface area (Å²) in [6.45, 7) is 2.36. The summed E-state index contributed by atoms with van der Waals surface area (Å²) < 4.78 is 2.54. The normalized spacial score (nSPS) is 20.0. The number of hydrogen-bond acceptors (Lipinski definition) is 5. The Morgan fingerprint density at radius 1 is 1.26 bits per heavy atom. The molecule has 1 saturated carbocycles. The molecule has 1 amide bonds. The molecule has 1 aliphatic carbocycles. The van der Waals surface area contributed by atoms with E-state index in [9.17, 15) is 14.4 Å². The Hall–Kier alpha value is -1.64. The molecule has 2 fully saturated rings. The van der Waals surface area contributed by atoms with Crippen LogP contribution in [0, 0.1) is 0 Å². The van der Waals surface area contributed by atoms with E-state index in [1.807, 2.05) is 0 Å². The fourth-order valence-electron chi connectivity index (χ4n) is 4.00. The van der Waals surface area contributed by atoms with Gasteiger partial charge in [-0.2, -0.15) is 0 Å². The molecule has 0 spiro atoms. The number of aryl methyl sites for hydroxylation is 1. The maximum Gasteiger partial charge on any atom is 0.330 e. The van der Waals surface area contributed by atoms with Gasteiger partial charge >= 0.3 is 5.69 Å². The number of halogens is 1. The summed E-state index contributed by atoms with van der Waals surface area (Å²) in [6.07, 6.45) is 7.00. The van der Waals surface area contributed by atoms with Crippen molar-refractivity contribution in [2.24, 2.45) is 14.1 Å². The number of aromatic nitrogens is 2. The van der Waals surface area contributed by atoms with Gasteiger partial charge in [0.05, 0.1) is 6.54 Å². The Kier molecular flexibility index (Phi) is 7.64. The quantitative estimate of drug-likeness (QED) is 0.687. The molecule has 1 aliphatic heterocycles. The van der Waals surface area contributed by atoms with Gasteiger partial charge in [-0.05, 0) is 25.8 Å². The van der Waals surface area contributed by atoms with Crippen LogP contribution in [0.5, 0.6) is 0 Å². The topological polar surface area (TPSA) is 88.4 Å². The van der Waals surface area contributed by atoms with Gasteiger partial charge in [0.15, 0.2) is 0 Å². The van der Waals surface area contributed by atoms with Crippen LogP contribution in [0.25, 0.3) is 0 Å². The highest BCUT2D eigenvalue weighted by Gasteiger charge is 2.27. The first-order valence-electron chi connectivity index (χ1n) is 9.45. The van der Waals surface area contributed by atoms with Crippen molar-refractivity contribution in [1.29, 1.82) is 0 Å². The molecule has 3 rings (SSSR count). The molecule has 9 heteroatoms. The monoisotopic (exact) mass is 399 g/mol. The molecule has 2 N–H and O–H groups in total. The van der Waals surface area contributed by atoms with E-state index in [0.29, 0.717) is 12.1 Å². The molecule has 1 aromatic heterocycles. The molecular formula is C18H30ClN5O3. The molecular weight excluding hydrogens is 370 g/mol. The first kappa shape index (κ1) is 21.7. The van der Waals surface area contributed by atoms with Gasteiger partial charge in [0, 0.05) is 51.0 Å². The van der Waals surface area contributed by atoms with E-state index >= 15 is 0 Å². The lowest BCUT2D eigenvalue weighted by Gasteiger charge is -2.28. The summed E-state index contributed by atoms with van der Waals surface area (Å²) in [5.41, 5.74) is -0.0952. The lowest BCUT2D eigenvalue weighted by molar-refractivity contribution is -0.123. The third kappa shape index (κ3) is 5.21. The van der Waals surface area contributed by atoms with Gasteiger partial charge in [-0.15, -0.1) is 12.4 Å². The Morgan fingerprint density at radius 3 is 2.59 bits per heavy atom. The highest BCUT2D eigenvalue weighted by molar-refractivity contribution is 5.85. The third-order valence-electron chi connectivity index (χ3n) is 5.51. The number of rotatable bonds is 6. The smallest absolute Gasteiger partial charge is 0.330 e. The molecule has 0 bridgehead atoms. The molecule has 0 aromatic carbocycles. The maximum atomic E-state index is 12.5. The highest BCUT2D eigenvalue weighted by Crippen LogP contribution is 2.18. The summed E-state index contributed by atoms with van der Waals surface area (Å²) in [5, 5.41) is 6.45. The van der Waals surface area contributed by atoms with Crippen LogP contribution in [0.4, 0.5) is 0 Å². The predicted octanol–water partition coefficient (Wildman–Crippen LogP) is -0.271. The fourth-order valence-corrected chi connectivity index (χ4v) is 4.00. The largest absolute Gasteiger partial charge is 0.352 e. The van der Waals surface area contributed by atoms with Crippen molar-refractivity contribution in [2.75, 3.05) is 19.6 Å². The zero-order chi connectivity index (χ0) is 18.7. The van der Waals surface area contributed by atoms with Crippen molar-refractivity contribution in [3.8, 4) is 0 Å². The standard InChI is InChI=1S/C18H29N5O3.ClH/c1-21-10-13(17(25)22(2)18(21)26)11-23(15-7-8-19-9-15)12-16(24)20-14-5-3-4-6-14;/h10,14-15,19H,3-9,11-12H2,1-2H3,(H,20,24);1H. The van der Waals surface area contributed by atoms with Crippen molar-refractivity contribution in [2.45, 2.75) is 50.7 Å². The molecule has 2 aliphatic rings. The van der Waals surface area contributed by atoms with Crippen LogP contribution in [0.3, 0.4) is 0 Å². The van der Waals surface area contributed by atoms with Crippen LogP contribution >= 0.6 is 12.4 Å². The number of carbonyl (C=O) groups excluding carboxylic acids is 1. The molecule has 27 heavy (non-hydrogen) atoms. The van der Waals surface area contributed by atoms with Crippen LogP contribution in [-0.4, -0.2) is 51.7 Å². The van der Waals surface area contributed by atoms with Crippen LogP contribution in [0.2, 0.25) is 0 Å². The van der Waals surface area contributed by atoms with Crippen molar-refractivity contribution in [1.82, 2.24) is 24.7 Å². The minimum Gasteiger partial charge on any atom is -0.352 e. The Bertz CT molecular complexity index is 763. The summed E-state index contributed by atoms with van der Waals surface area (Å²) in [7, 11) is 3.13. The van der Waals surface area contributed by atoms with Crippen molar-refractivity contribution in [3.05, 3.63) is 32.6 Å². The highest BCUT2D eigenvalue weighted by atomic mass is 35.5. The van der Waals surface area contributed by atoms with Crippen molar-refractivity contribution < 1.29 is 4.79 Å². The Morgan fingerprint density at radius 2 is 1.96 bits per heavy atom. The molecule has 152 valence electrons. The molecule has 2 heterocycles. The molecule has 1 unspecified atom stereocenters. The fraction of sp³-hybridized carbons (Fsp3) is 0.722. The van der Waals surface area contributed by atoms with Crippen molar-refractivity contribution >= 4 is 18.3 Å². The van der Waals surface area contributed by atoms with Gasteiger partial charge in [0.1, 0.15) is 0 Å². The number of nitrogens with one attached hydrogen (secondary N) is 2. The van der Waals surface area contributed by atoms with Gasteiger partial charge in [-0.25, -0.2) is 4.79 Å². The van der Waals surface area contributed by atoms with Crippen LogP contribution in [0.15, 0.2) is 15.8 Å². The van der Waals surface area contributed by atoms with Crippen LogP contribution in [-0.2, 0) is 25.4 Å². The van der Waals surface area contributed by atoms with Gasteiger partial charge in [-0.1, -0.05) is 12.8 Å². The minimum atomic E-state index is -0.341. The van der Waals surface area contributed by atoms with Gasteiger partial charge in [-0.3, -0.25) is 19.1 Å². The van der Waals surface area contributed by atoms with Crippen LogP contribution < -0.4 is 21.9 Å². The molecule has 1 saturated heterocycles. The molecule has 1 aromatic rings. The summed E-state index contributed by atoms with van der Waals surface area (Å²) in [5.74, 6) is 0.0189. The maximum absolute atomic E-state index is 12.5. The lowest BCUT2D eigenvalue weighted by atomic mass is 10.2. The minimum absolute atomic E-state index is 0. The number of hydrogen-bond donors (Lipinski definition) is 2.